The van der Waals surface area contributed by atoms with Gasteiger partial charge in [0.15, 0.2) is 5.16 Å². The summed E-state index contributed by atoms with van der Waals surface area (Å²) < 4.78 is 5.83. The van der Waals surface area contributed by atoms with E-state index in [4.69, 9.17) is 4.74 Å². The van der Waals surface area contributed by atoms with E-state index >= 15 is 0 Å². The second-order valence-electron chi connectivity index (χ2n) is 6.35. The maximum atomic E-state index is 5.83. The third-order valence-electron chi connectivity index (χ3n) is 4.12. The number of nitrogens with zero attached hydrogens (tertiary/aromatic N) is 4. The quantitative estimate of drug-likeness (QED) is 0.505. The van der Waals surface area contributed by atoms with Crippen molar-refractivity contribution in [3.63, 3.8) is 0 Å². The molecule has 0 saturated carbocycles. The van der Waals surface area contributed by atoms with E-state index in [0.29, 0.717) is 6.10 Å². The monoisotopic (exact) mass is 358 g/mol. The lowest BCUT2D eigenvalue weighted by Crippen LogP contribution is -2.31. The number of ether oxygens (including phenoxy) is 1. The number of rotatable bonds is 9. The van der Waals surface area contributed by atoms with Crippen LogP contribution in [0.5, 0.6) is 0 Å². The number of thioether (sulfide) groups is 1. The van der Waals surface area contributed by atoms with Crippen molar-refractivity contribution < 1.29 is 4.74 Å². The molecule has 0 bridgehead atoms. The molecule has 0 amide bonds. The normalized spacial score (nSPS) is 17.3. The van der Waals surface area contributed by atoms with Crippen molar-refractivity contribution >= 4 is 11.8 Å². The highest BCUT2D eigenvalue weighted by Gasteiger charge is 2.20. The summed E-state index contributed by atoms with van der Waals surface area (Å²) in [5, 5.41) is 0.862. The summed E-state index contributed by atoms with van der Waals surface area (Å²) in [5.41, 5.74) is 2.21. The lowest BCUT2D eigenvalue weighted by atomic mass is 10.2. The molecule has 5 nitrogen and oxygen atoms in total. The lowest BCUT2D eigenvalue weighted by Gasteiger charge is -2.24. The molecule has 1 atom stereocenters. The van der Waals surface area contributed by atoms with Crippen LogP contribution in [0.15, 0.2) is 41.9 Å². The topological polar surface area (TPSA) is 51.1 Å². The molecule has 1 aliphatic heterocycles. The minimum Gasteiger partial charge on any atom is -0.377 e. The van der Waals surface area contributed by atoms with Crippen molar-refractivity contribution in [1.82, 2.24) is 19.9 Å². The first kappa shape index (κ1) is 18.3. The third-order valence-corrected chi connectivity index (χ3v) is 5.20. The molecular weight excluding hydrogens is 332 g/mol. The fourth-order valence-electron chi connectivity index (χ4n) is 2.93. The van der Waals surface area contributed by atoms with Crippen molar-refractivity contribution in [3.05, 3.63) is 48.0 Å². The summed E-state index contributed by atoms with van der Waals surface area (Å²) in [6.45, 7) is 5.60. The van der Waals surface area contributed by atoms with Crippen LogP contribution in [0, 0.1) is 0 Å². The SMILES string of the molecule is CCCSc1ncc(CN(Cc2ccccn2)CC2CCCO2)cn1. The van der Waals surface area contributed by atoms with E-state index in [1.54, 1.807) is 11.8 Å². The average Bonchev–Trinajstić information content (AvgIpc) is 3.15. The molecule has 25 heavy (non-hydrogen) atoms. The Morgan fingerprint density at radius 3 is 2.76 bits per heavy atom. The van der Waals surface area contributed by atoms with Crippen molar-refractivity contribution in [3.8, 4) is 0 Å². The molecule has 1 saturated heterocycles. The molecule has 2 aromatic heterocycles. The van der Waals surface area contributed by atoms with E-state index in [-0.39, 0.29) is 0 Å². The summed E-state index contributed by atoms with van der Waals surface area (Å²) in [7, 11) is 0. The standard InChI is InChI=1S/C19H26N4OS/c1-2-10-25-19-21-11-16(12-22-19)13-23(15-18-7-5-9-24-18)14-17-6-3-4-8-20-17/h3-4,6,8,11-12,18H,2,5,7,9-10,13-15H2,1H3. The van der Waals surface area contributed by atoms with Gasteiger partial charge in [-0.25, -0.2) is 9.97 Å². The van der Waals surface area contributed by atoms with E-state index in [9.17, 15) is 0 Å². The van der Waals surface area contributed by atoms with E-state index in [1.165, 1.54) is 0 Å². The second kappa shape index (κ2) is 9.85. The number of hydrogen-bond acceptors (Lipinski definition) is 6. The van der Waals surface area contributed by atoms with Gasteiger partial charge in [0.2, 0.25) is 0 Å². The molecule has 6 heteroatoms. The maximum Gasteiger partial charge on any atom is 0.187 e. The predicted molar refractivity (Wildman–Crippen MR) is 100 cm³/mol. The van der Waals surface area contributed by atoms with Gasteiger partial charge < -0.3 is 4.74 Å². The maximum absolute atomic E-state index is 5.83. The number of aromatic nitrogens is 3. The molecule has 0 spiro atoms. The van der Waals surface area contributed by atoms with Gasteiger partial charge >= 0.3 is 0 Å². The van der Waals surface area contributed by atoms with Gasteiger partial charge in [0, 0.05) is 56.1 Å². The first-order valence-electron chi connectivity index (χ1n) is 9.01. The molecule has 1 aliphatic rings. The van der Waals surface area contributed by atoms with Crippen LogP contribution < -0.4 is 0 Å². The van der Waals surface area contributed by atoms with Crippen LogP contribution in [-0.4, -0.2) is 44.9 Å². The Labute approximate surface area is 154 Å². The summed E-state index contributed by atoms with van der Waals surface area (Å²) in [5.74, 6) is 1.06. The van der Waals surface area contributed by atoms with E-state index in [0.717, 1.165) is 67.7 Å². The highest BCUT2D eigenvalue weighted by Crippen LogP contribution is 2.17. The van der Waals surface area contributed by atoms with Crippen LogP contribution in [0.4, 0.5) is 0 Å². The van der Waals surface area contributed by atoms with Gasteiger partial charge in [-0.05, 0) is 31.4 Å². The van der Waals surface area contributed by atoms with E-state index in [1.807, 2.05) is 30.7 Å². The molecule has 134 valence electrons. The zero-order chi connectivity index (χ0) is 17.3. The highest BCUT2D eigenvalue weighted by molar-refractivity contribution is 7.99. The van der Waals surface area contributed by atoms with Gasteiger partial charge in [-0.1, -0.05) is 24.8 Å². The molecule has 1 fully saturated rings. The van der Waals surface area contributed by atoms with Gasteiger partial charge in [0.25, 0.3) is 0 Å². The summed E-state index contributed by atoms with van der Waals surface area (Å²) >= 11 is 1.71. The zero-order valence-corrected chi connectivity index (χ0v) is 15.6. The molecule has 0 aliphatic carbocycles. The molecular formula is C19H26N4OS. The van der Waals surface area contributed by atoms with Crippen LogP contribution in [0.3, 0.4) is 0 Å². The first-order chi connectivity index (χ1) is 12.3. The Hall–Kier alpha value is -1.50. The molecule has 0 N–H and O–H groups in total. The number of pyridine rings is 1. The molecule has 3 rings (SSSR count). The Balaban J connectivity index is 1.63. The fraction of sp³-hybridized carbons (Fsp3) is 0.526. The van der Waals surface area contributed by atoms with Crippen molar-refractivity contribution in [2.24, 2.45) is 0 Å². The minimum atomic E-state index is 0.323. The smallest absolute Gasteiger partial charge is 0.187 e. The van der Waals surface area contributed by atoms with Crippen LogP contribution >= 0.6 is 11.8 Å². The Bertz CT molecular complexity index is 617. The van der Waals surface area contributed by atoms with Crippen molar-refractivity contribution in [2.45, 2.75) is 50.5 Å². The predicted octanol–water partition coefficient (Wildman–Crippen LogP) is 3.55. The Morgan fingerprint density at radius 1 is 1.20 bits per heavy atom. The Morgan fingerprint density at radius 2 is 2.08 bits per heavy atom. The summed E-state index contributed by atoms with van der Waals surface area (Å²) in [6, 6.07) is 6.06. The van der Waals surface area contributed by atoms with Crippen LogP contribution in [0.2, 0.25) is 0 Å². The minimum absolute atomic E-state index is 0.323. The molecule has 0 aromatic carbocycles. The molecule has 0 radical (unpaired) electrons. The summed E-state index contributed by atoms with van der Waals surface area (Å²) in [6.07, 6.45) is 9.51. The fourth-order valence-corrected chi connectivity index (χ4v) is 3.57. The van der Waals surface area contributed by atoms with Crippen LogP contribution in [0.25, 0.3) is 0 Å². The first-order valence-corrected chi connectivity index (χ1v) is 9.99. The summed E-state index contributed by atoms with van der Waals surface area (Å²) in [4.78, 5) is 15.8. The largest absolute Gasteiger partial charge is 0.377 e. The Kier molecular flexibility index (Phi) is 7.21. The second-order valence-corrected chi connectivity index (χ2v) is 7.41. The average molecular weight is 359 g/mol. The highest BCUT2D eigenvalue weighted by atomic mass is 32.2. The zero-order valence-electron chi connectivity index (χ0n) is 14.8. The van der Waals surface area contributed by atoms with Gasteiger partial charge in [-0.3, -0.25) is 9.88 Å². The van der Waals surface area contributed by atoms with Crippen molar-refractivity contribution in [1.29, 1.82) is 0 Å². The van der Waals surface area contributed by atoms with Crippen molar-refractivity contribution in [2.75, 3.05) is 18.9 Å². The van der Waals surface area contributed by atoms with Gasteiger partial charge in [-0.15, -0.1) is 0 Å². The van der Waals surface area contributed by atoms with Gasteiger partial charge in [-0.2, -0.15) is 0 Å². The molecule has 1 unspecified atom stereocenters. The third kappa shape index (κ3) is 6.06. The van der Waals surface area contributed by atoms with E-state index < -0.39 is 0 Å². The van der Waals surface area contributed by atoms with Gasteiger partial charge in [0.1, 0.15) is 0 Å². The van der Waals surface area contributed by atoms with Crippen LogP contribution in [0.1, 0.15) is 37.4 Å². The molecule has 3 heterocycles. The number of hydrogen-bond donors (Lipinski definition) is 0. The van der Waals surface area contributed by atoms with Crippen LogP contribution in [-0.2, 0) is 17.8 Å². The molecule has 2 aromatic rings. The lowest BCUT2D eigenvalue weighted by molar-refractivity contribution is 0.0674. The van der Waals surface area contributed by atoms with Gasteiger partial charge in [0.05, 0.1) is 11.8 Å². The van der Waals surface area contributed by atoms with E-state index in [2.05, 4.69) is 32.8 Å².